The number of carbonyl (C=O) groups excluding carboxylic acids is 1. The molecule has 0 saturated heterocycles. The molecule has 7 heteroatoms. The highest BCUT2D eigenvalue weighted by molar-refractivity contribution is 7.89. The topological polar surface area (TPSA) is 101 Å². The van der Waals surface area contributed by atoms with E-state index in [-0.39, 0.29) is 28.9 Å². The van der Waals surface area contributed by atoms with Gasteiger partial charge < -0.3 is 11.1 Å². The van der Waals surface area contributed by atoms with Gasteiger partial charge in [0.05, 0.1) is 4.90 Å². The summed E-state index contributed by atoms with van der Waals surface area (Å²) < 4.78 is 27.2. The number of nitrogens with one attached hydrogen (secondary N) is 2. The van der Waals surface area contributed by atoms with Crippen molar-refractivity contribution in [2.24, 2.45) is 17.6 Å². The molecule has 0 aromatic heterocycles. The Labute approximate surface area is 156 Å². The molecule has 2 unspecified atom stereocenters. The van der Waals surface area contributed by atoms with Gasteiger partial charge >= 0.3 is 0 Å². The minimum absolute atomic E-state index is 0.115. The van der Waals surface area contributed by atoms with Crippen molar-refractivity contribution in [3.05, 3.63) is 29.8 Å². The van der Waals surface area contributed by atoms with Crippen LogP contribution in [0.2, 0.25) is 0 Å². The molecule has 1 aromatic carbocycles. The first-order chi connectivity index (χ1) is 12.3. The number of hydrogen-bond acceptors (Lipinski definition) is 4. The van der Waals surface area contributed by atoms with E-state index >= 15 is 0 Å². The molecule has 6 nitrogen and oxygen atoms in total. The van der Waals surface area contributed by atoms with E-state index in [1.54, 1.807) is 26.0 Å². The predicted molar refractivity (Wildman–Crippen MR) is 101 cm³/mol. The van der Waals surface area contributed by atoms with Crippen molar-refractivity contribution in [3.8, 4) is 0 Å². The number of benzene rings is 1. The number of nitrogens with two attached hydrogens (primary N) is 1. The standard InChI is InChI=1S/C19H29N3O3S/c1-12(2)22-26(24,25)17-8-4-7-15(11-17)19(23)21-18-13-5-3-6-14(18)10-16(20)9-13/h4,7-8,11-14,16,18,22H,3,5-6,9-10,20H2,1-2H3,(H,21,23). The smallest absolute Gasteiger partial charge is 0.251 e. The number of rotatable bonds is 5. The van der Waals surface area contributed by atoms with Gasteiger partial charge in [0.15, 0.2) is 0 Å². The van der Waals surface area contributed by atoms with Gasteiger partial charge in [-0.25, -0.2) is 13.1 Å². The maximum atomic E-state index is 12.8. The van der Waals surface area contributed by atoms with Gasteiger partial charge in [0.25, 0.3) is 5.91 Å². The second-order valence-corrected chi connectivity index (χ2v) is 9.70. The Balaban J connectivity index is 1.75. The van der Waals surface area contributed by atoms with Crippen LogP contribution in [0, 0.1) is 11.8 Å². The van der Waals surface area contributed by atoms with Gasteiger partial charge in [-0.1, -0.05) is 12.5 Å². The summed E-state index contributed by atoms with van der Waals surface area (Å²) in [5, 5.41) is 3.17. The maximum Gasteiger partial charge on any atom is 0.251 e. The number of carbonyl (C=O) groups is 1. The van der Waals surface area contributed by atoms with Crippen LogP contribution in [0.1, 0.15) is 56.3 Å². The minimum Gasteiger partial charge on any atom is -0.349 e. The zero-order valence-electron chi connectivity index (χ0n) is 15.4. The molecular formula is C19H29N3O3S. The molecule has 2 atom stereocenters. The monoisotopic (exact) mass is 379 g/mol. The molecule has 3 rings (SSSR count). The highest BCUT2D eigenvalue weighted by Gasteiger charge is 2.40. The van der Waals surface area contributed by atoms with Crippen molar-refractivity contribution in [2.45, 2.75) is 69.0 Å². The fraction of sp³-hybridized carbons (Fsp3) is 0.632. The van der Waals surface area contributed by atoms with Crippen LogP contribution in [0.15, 0.2) is 29.2 Å². The van der Waals surface area contributed by atoms with Crippen LogP contribution in [-0.4, -0.2) is 32.5 Å². The molecule has 2 saturated carbocycles. The molecule has 1 aromatic rings. The van der Waals surface area contributed by atoms with Crippen LogP contribution in [0.5, 0.6) is 0 Å². The van der Waals surface area contributed by atoms with Crippen molar-refractivity contribution >= 4 is 15.9 Å². The summed E-state index contributed by atoms with van der Waals surface area (Å²) in [6.07, 6.45) is 5.30. The van der Waals surface area contributed by atoms with Gasteiger partial charge in [-0.2, -0.15) is 0 Å². The summed E-state index contributed by atoms with van der Waals surface area (Å²) in [5.74, 6) is 0.649. The molecular weight excluding hydrogens is 350 g/mol. The summed E-state index contributed by atoms with van der Waals surface area (Å²) >= 11 is 0. The van der Waals surface area contributed by atoms with Crippen LogP contribution in [0.4, 0.5) is 0 Å². The second-order valence-electron chi connectivity index (χ2n) is 7.99. The van der Waals surface area contributed by atoms with E-state index in [1.807, 2.05) is 0 Å². The first kappa shape index (κ1) is 19.3. The van der Waals surface area contributed by atoms with E-state index in [2.05, 4.69) is 10.0 Å². The largest absolute Gasteiger partial charge is 0.349 e. The Morgan fingerprint density at radius 2 is 1.85 bits per heavy atom. The maximum absolute atomic E-state index is 12.8. The van der Waals surface area contributed by atoms with Crippen molar-refractivity contribution < 1.29 is 13.2 Å². The van der Waals surface area contributed by atoms with Crippen LogP contribution >= 0.6 is 0 Å². The average Bonchev–Trinajstić information content (AvgIpc) is 2.54. The Morgan fingerprint density at radius 3 is 2.46 bits per heavy atom. The third kappa shape index (κ3) is 4.27. The summed E-state index contributed by atoms with van der Waals surface area (Å²) in [6.45, 7) is 3.53. The number of sulfonamides is 1. The third-order valence-corrected chi connectivity index (χ3v) is 7.13. The number of fused-ring (bicyclic) bond motifs is 2. The lowest BCUT2D eigenvalue weighted by Gasteiger charge is -2.45. The molecule has 2 fully saturated rings. The molecule has 144 valence electrons. The van der Waals surface area contributed by atoms with E-state index in [9.17, 15) is 13.2 Å². The summed E-state index contributed by atoms with van der Waals surface area (Å²) in [7, 11) is -3.62. The molecule has 4 N–H and O–H groups in total. The normalized spacial score (nSPS) is 28.8. The first-order valence-electron chi connectivity index (χ1n) is 9.45. The van der Waals surface area contributed by atoms with Crippen LogP contribution in [-0.2, 0) is 10.0 Å². The number of amides is 1. The molecule has 1 amide bonds. The van der Waals surface area contributed by atoms with Crippen LogP contribution in [0.3, 0.4) is 0 Å². The van der Waals surface area contributed by atoms with Crippen LogP contribution in [0.25, 0.3) is 0 Å². The van der Waals surface area contributed by atoms with Crippen molar-refractivity contribution in [1.29, 1.82) is 0 Å². The highest BCUT2D eigenvalue weighted by Crippen LogP contribution is 2.39. The molecule has 0 radical (unpaired) electrons. The van der Waals surface area contributed by atoms with E-state index in [4.69, 9.17) is 5.73 Å². The van der Waals surface area contributed by atoms with Gasteiger partial charge in [0.2, 0.25) is 10.0 Å². The molecule has 2 aliphatic rings. The molecule has 0 aliphatic heterocycles. The number of hydrogen-bond donors (Lipinski definition) is 3. The van der Waals surface area contributed by atoms with Gasteiger partial charge in [0.1, 0.15) is 0 Å². The van der Waals surface area contributed by atoms with E-state index < -0.39 is 10.0 Å². The van der Waals surface area contributed by atoms with Crippen LogP contribution < -0.4 is 15.8 Å². The second kappa shape index (κ2) is 7.66. The Kier molecular flexibility index (Phi) is 5.69. The zero-order valence-corrected chi connectivity index (χ0v) is 16.3. The Bertz CT molecular complexity index is 749. The first-order valence-corrected chi connectivity index (χ1v) is 10.9. The van der Waals surface area contributed by atoms with E-state index in [0.717, 1.165) is 25.7 Å². The lowest BCUT2D eigenvalue weighted by atomic mass is 9.67. The van der Waals surface area contributed by atoms with E-state index in [1.165, 1.54) is 18.6 Å². The Hall–Kier alpha value is -1.44. The fourth-order valence-electron chi connectivity index (χ4n) is 4.44. The van der Waals surface area contributed by atoms with Gasteiger partial charge in [-0.05, 0) is 69.6 Å². The van der Waals surface area contributed by atoms with Gasteiger partial charge in [0, 0.05) is 23.7 Å². The highest BCUT2D eigenvalue weighted by atomic mass is 32.2. The Morgan fingerprint density at radius 1 is 1.19 bits per heavy atom. The fourth-order valence-corrected chi connectivity index (χ4v) is 5.74. The van der Waals surface area contributed by atoms with Gasteiger partial charge in [-0.15, -0.1) is 0 Å². The molecule has 26 heavy (non-hydrogen) atoms. The average molecular weight is 380 g/mol. The van der Waals surface area contributed by atoms with Crippen molar-refractivity contribution in [3.63, 3.8) is 0 Å². The van der Waals surface area contributed by atoms with E-state index in [0.29, 0.717) is 17.4 Å². The summed E-state index contributed by atoms with van der Waals surface area (Å²) in [4.78, 5) is 12.9. The molecule has 0 spiro atoms. The predicted octanol–water partition coefficient (Wildman–Crippen LogP) is 2.01. The molecule has 2 bridgehead atoms. The van der Waals surface area contributed by atoms with Gasteiger partial charge in [-0.3, -0.25) is 4.79 Å². The summed E-state index contributed by atoms with van der Waals surface area (Å²) in [5.41, 5.74) is 6.53. The third-order valence-electron chi connectivity index (χ3n) is 5.47. The minimum atomic E-state index is -3.62. The summed E-state index contributed by atoms with van der Waals surface area (Å²) in [6, 6.07) is 6.40. The molecule has 0 heterocycles. The SMILES string of the molecule is CC(C)NS(=O)(=O)c1cccc(C(=O)NC2C3CCCC2CC(N)C3)c1. The van der Waals surface area contributed by atoms with Crippen molar-refractivity contribution in [2.75, 3.05) is 0 Å². The van der Waals surface area contributed by atoms with Crippen molar-refractivity contribution in [1.82, 2.24) is 10.0 Å². The molecule has 2 aliphatic carbocycles. The lowest BCUT2D eigenvalue weighted by Crippen LogP contribution is -2.53. The zero-order chi connectivity index (χ0) is 18.9. The quantitative estimate of drug-likeness (QED) is 0.728. The lowest BCUT2D eigenvalue weighted by molar-refractivity contribution is 0.0756.